The van der Waals surface area contributed by atoms with Crippen molar-refractivity contribution in [2.24, 2.45) is 5.73 Å². The quantitative estimate of drug-likeness (QED) is 0.645. The van der Waals surface area contributed by atoms with E-state index in [1.165, 1.54) is 6.92 Å². The van der Waals surface area contributed by atoms with Gasteiger partial charge < -0.3 is 5.73 Å². The Hall–Kier alpha value is -1.04. The van der Waals surface area contributed by atoms with Crippen LogP contribution in [0.25, 0.3) is 0 Å². The van der Waals surface area contributed by atoms with E-state index < -0.39 is 11.6 Å². The topological polar surface area (TPSA) is 43.1 Å². The van der Waals surface area contributed by atoms with Gasteiger partial charge in [0.2, 0.25) is 5.67 Å². The van der Waals surface area contributed by atoms with Crippen LogP contribution in [0.3, 0.4) is 0 Å². The van der Waals surface area contributed by atoms with Crippen molar-refractivity contribution in [2.45, 2.75) is 38.8 Å². The van der Waals surface area contributed by atoms with Gasteiger partial charge in [0.1, 0.15) is 0 Å². The second-order valence-corrected chi connectivity index (χ2v) is 2.64. The summed E-state index contributed by atoms with van der Waals surface area (Å²) in [5.41, 5.74) is 2.76. The molecule has 1 amide bonds. The first kappa shape index (κ1) is 11.0. The number of halogens is 1. The standard InChI is InChI=1S/C9H14FNO.H2/c1-3-5-7-9(10,6-4-2)8(11)12;/h3,5,7H2,1-2H3,(H2,11,12);1H. The molecule has 0 aromatic carbocycles. The molecule has 1 unspecified atom stereocenters. The van der Waals surface area contributed by atoms with E-state index in [0.29, 0.717) is 6.42 Å². The molecule has 0 radical (unpaired) electrons. The van der Waals surface area contributed by atoms with E-state index >= 15 is 0 Å². The Labute approximate surface area is 73.8 Å². The number of amides is 1. The van der Waals surface area contributed by atoms with Gasteiger partial charge in [0.05, 0.1) is 0 Å². The molecule has 12 heavy (non-hydrogen) atoms. The third kappa shape index (κ3) is 2.91. The number of carbonyl (C=O) groups is 1. The summed E-state index contributed by atoms with van der Waals surface area (Å²) in [5, 5.41) is 0. The lowest BCUT2D eigenvalue weighted by Gasteiger charge is -2.13. The molecule has 70 valence electrons. The number of carbonyl (C=O) groups excluding carboxylic acids is 1. The maximum absolute atomic E-state index is 13.5. The molecular weight excluding hydrogens is 157 g/mol. The number of unbranched alkanes of at least 4 members (excludes halogenated alkanes) is 1. The van der Waals surface area contributed by atoms with Gasteiger partial charge in [-0.3, -0.25) is 4.79 Å². The number of rotatable bonds is 4. The molecule has 0 aromatic heterocycles. The molecule has 0 aliphatic heterocycles. The second kappa shape index (κ2) is 4.76. The highest BCUT2D eigenvalue weighted by Crippen LogP contribution is 2.17. The van der Waals surface area contributed by atoms with Gasteiger partial charge in [-0.05, 0) is 13.3 Å². The normalized spacial score (nSPS) is 14.2. The van der Waals surface area contributed by atoms with E-state index in [1.54, 1.807) is 0 Å². The average molecular weight is 173 g/mol. The number of hydrogen-bond donors (Lipinski definition) is 1. The molecule has 2 nitrogen and oxygen atoms in total. The first-order valence-electron chi connectivity index (χ1n) is 3.99. The van der Waals surface area contributed by atoms with Gasteiger partial charge >= 0.3 is 0 Å². The molecule has 2 N–H and O–H groups in total. The van der Waals surface area contributed by atoms with Crippen molar-refractivity contribution in [3.63, 3.8) is 0 Å². The summed E-state index contributed by atoms with van der Waals surface area (Å²) < 4.78 is 13.5. The lowest BCUT2D eigenvalue weighted by atomic mass is 9.99. The van der Waals surface area contributed by atoms with Crippen LogP contribution in [0.5, 0.6) is 0 Å². The minimum absolute atomic E-state index is 0. The van der Waals surface area contributed by atoms with Crippen LogP contribution in [-0.2, 0) is 4.79 Å². The van der Waals surface area contributed by atoms with Crippen molar-refractivity contribution < 1.29 is 10.6 Å². The Morgan fingerprint density at radius 1 is 1.75 bits per heavy atom. The minimum atomic E-state index is -2.12. The lowest BCUT2D eigenvalue weighted by molar-refractivity contribution is -0.126. The van der Waals surface area contributed by atoms with Gasteiger partial charge in [-0.25, -0.2) is 4.39 Å². The van der Waals surface area contributed by atoms with E-state index in [1.807, 2.05) is 6.92 Å². The van der Waals surface area contributed by atoms with Crippen LogP contribution in [0.1, 0.15) is 34.5 Å². The number of alkyl halides is 1. The first-order valence-corrected chi connectivity index (χ1v) is 3.99. The summed E-state index contributed by atoms with van der Waals surface area (Å²) in [7, 11) is 0. The maximum atomic E-state index is 13.5. The average Bonchev–Trinajstić information content (AvgIpc) is 2.01. The largest absolute Gasteiger partial charge is 0.366 e. The van der Waals surface area contributed by atoms with Gasteiger partial charge in [-0.2, -0.15) is 0 Å². The summed E-state index contributed by atoms with van der Waals surface area (Å²) in [6, 6.07) is 0. The van der Waals surface area contributed by atoms with Crippen LogP contribution in [0.15, 0.2) is 0 Å². The number of hydrogen-bond acceptors (Lipinski definition) is 1. The Morgan fingerprint density at radius 3 is 2.67 bits per heavy atom. The summed E-state index contributed by atoms with van der Waals surface area (Å²) >= 11 is 0. The van der Waals surface area contributed by atoms with E-state index in [-0.39, 0.29) is 7.85 Å². The Balaban J connectivity index is 0. The molecule has 1 atom stereocenters. The highest BCUT2D eigenvalue weighted by atomic mass is 19.1. The van der Waals surface area contributed by atoms with Crippen molar-refractivity contribution >= 4 is 5.91 Å². The second-order valence-electron chi connectivity index (χ2n) is 2.64. The third-order valence-corrected chi connectivity index (χ3v) is 1.59. The van der Waals surface area contributed by atoms with Crippen LogP contribution in [-0.4, -0.2) is 11.6 Å². The van der Waals surface area contributed by atoms with Gasteiger partial charge in [0.15, 0.2) is 0 Å². The monoisotopic (exact) mass is 173 g/mol. The van der Waals surface area contributed by atoms with E-state index in [9.17, 15) is 9.18 Å². The lowest BCUT2D eigenvalue weighted by Crippen LogP contribution is -2.38. The Kier molecular flexibility index (Phi) is 4.35. The van der Waals surface area contributed by atoms with Crippen molar-refractivity contribution in [3.05, 3.63) is 0 Å². The first-order chi connectivity index (χ1) is 5.56. The molecule has 3 heteroatoms. The molecule has 0 rings (SSSR count). The minimum Gasteiger partial charge on any atom is -0.366 e. The fraction of sp³-hybridized carbons (Fsp3) is 0.667. The molecule has 0 aromatic rings. The summed E-state index contributed by atoms with van der Waals surface area (Å²) in [6.07, 6.45) is 1.54. The van der Waals surface area contributed by atoms with Gasteiger partial charge in [-0.15, -0.1) is 5.92 Å². The zero-order valence-corrected chi connectivity index (χ0v) is 7.48. The molecule has 0 fully saturated rings. The smallest absolute Gasteiger partial charge is 0.267 e. The van der Waals surface area contributed by atoms with Crippen LogP contribution in [0, 0.1) is 11.8 Å². The van der Waals surface area contributed by atoms with E-state index in [2.05, 4.69) is 11.8 Å². The molecule has 0 saturated heterocycles. The van der Waals surface area contributed by atoms with Crippen molar-refractivity contribution in [3.8, 4) is 11.8 Å². The predicted molar refractivity (Wildman–Crippen MR) is 48.1 cm³/mol. The summed E-state index contributed by atoms with van der Waals surface area (Å²) in [5.74, 6) is 3.59. The molecular formula is C9H16FNO. The van der Waals surface area contributed by atoms with Crippen LogP contribution >= 0.6 is 0 Å². The van der Waals surface area contributed by atoms with E-state index in [4.69, 9.17) is 5.73 Å². The van der Waals surface area contributed by atoms with Gasteiger partial charge in [0, 0.05) is 7.85 Å². The predicted octanol–water partition coefficient (Wildman–Crippen LogP) is 1.64. The van der Waals surface area contributed by atoms with Crippen molar-refractivity contribution in [2.75, 3.05) is 0 Å². The highest BCUT2D eigenvalue weighted by molar-refractivity contribution is 5.87. The van der Waals surface area contributed by atoms with Crippen LogP contribution in [0.2, 0.25) is 0 Å². The third-order valence-electron chi connectivity index (χ3n) is 1.59. The molecule has 0 aliphatic rings. The molecule has 0 aliphatic carbocycles. The van der Waals surface area contributed by atoms with E-state index in [0.717, 1.165) is 6.42 Å². The van der Waals surface area contributed by atoms with Crippen molar-refractivity contribution in [1.82, 2.24) is 0 Å². The zero-order valence-electron chi connectivity index (χ0n) is 7.48. The fourth-order valence-electron chi connectivity index (χ4n) is 0.866. The Bertz CT molecular complexity index is 221. The fourth-order valence-corrected chi connectivity index (χ4v) is 0.866. The van der Waals surface area contributed by atoms with Crippen molar-refractivity contribution in [1.29, 1.82) is 0 Å². The molecule has 0 saturated carbocycles. The zero-order chi connectivity index (χ0) is 9.61. The van der Waals surface area contributed by atoms with Gasteiger partial charge in [-0.1, -0.05) is 19.3 Å². The molecule has 0 spiro atoms. The highest BCUT2D eigenvalue weighted by Gasteiger charge is 2.33. The Morgan fingerprint density at radius 2 is 2.33 bits per heavy atom. The molecule has 0 heterocycles. The summed E-state index contributed by atoms with van der Waals surface area (Å²) in [6.45, 7) is 3.41. The summed E-state index contributed by atoms with van der Waals surface area (Å²) in [4.78, 5) is 10.7. The maximum Gasteiger partial charge on any atom is 0.267 e. The molecule has 0 bridgehead atoms. The SMILES string of the molecule is CC#CC(F)(CCCC)C(N)=O.[HH]. The number of primary amides is 1. The van der Waals surface area contributed by atoms with Crippen LogP contribution in [0.4, 0.5) is 4.39 Å². The number of nitrogens with two attached hydrogens (primary N) is 1. The van der Waals surface area contributed by atoms with Crippen LogP contribution < -0.4 is 5.73 Å². The van der Waals surface area contributed by atoms with Gasteiger partial charge in [0.25, 0.3) is 5.91 Å².